The van der Waals surface area contributed by atoms with E-state index in [1.165, 1.54) is 23.5 Å². The lowest BCUT2D eigenvalue weighted by molar-refractivity contribution is -0.274. The number of aliphatic carboxylic acids is 1. The Bertz CT molecular complexity index is 733. The zero-order chi connectivity index (χ0) is 19.2. The first-order valence-corrected chi connectivity index (χ1v) is 8.36. The van der Waals surface area contributed by atoms with Gasteiger partial charge >= 0.3 is 12.3 Å². The molecule has 1 heterocycles. The van der Waals surface area contributed by atoms with Crippen LogP contribution in [-0.4, -0.2) is 28.3 Å². The number of carbonyl (C=O) groups is 2. The van der Waals surface area contributed by atoms with E-state index in [1.807, 2.05) is 0 Å². The normalized spacial score (nSPS) is 12.4. The Kier molecular flexibility index (Phi) is 6.56. The summed E-state index contributed by atoms with van der Waals surface area (Å²) in [6.07, 6.45) is -3.05. The highest BCUT2D eigenvalue weighted by molar-refractivity contribution is 7.09. The van der Waals surface area contributed by atoms with E-state index < -0.39 is 30.5 Å². The molecule has 0 saturated carbocycles. The zero-order valence-electron chi connectivity index (χ0n) is 13.3. The maximum atomic E-state index is 12.2. The molecule has 0 aliphatic rings. The predicted octanol–water partition coefficient (Wildman–Crippen LogP) is 3.31. The number of hydrogen-bond donors (Lipinski definition) is 2. The largest absolute Gasteiger partial charge is 0.573 e. The molecule has 2 N–H and O–H groups in total. The van der Waals surface area contributed by atoms with E-state index in [1.54, 1.807) is 11.6 Å². The molecule has 0 aliphatic heterocycles. The van der Waals surface area contributed by atoms with Crippen molar-refractivity contribution in [2.75, 3.05) is 0 Å². The highest BCUT2D eigenvalue weighted by Crippen LogP contribution is 2.25. The summed E-state index contributed by atoms with van der Waals surface area (Å²) in [4.78, 5) is 27.1. The monoisotopic (exact) mass is 388 g/mol. The van der Waals surface area contributed by atoms with Crippen LogP contribution < -0.4 is 10.1 Å². The van der Waals surface area contributed by atoms with E-state index in [0.717, 1.165) is 17.1 Å². The number of aromatic nitrogens is 1. The number of halogens is 3. The molecule has 1 atom stereocenters. The molecule has 140 valence electrons. The van der Waals surface area contributed by atoms with Crippen molar-refractivity contribution in [3.8, 4) is 5.75 Å². The van der Waals surface area contributed by atoms with Crippen LogP contribution in [0.4, 0.5) is 13.2 Å². The number of nitrogens with one attached hydrogen (secondary N) is 1. The number of carboxylic acid groups (broad SMARTS) is 1. The summed E-state index contributed by atoms with van der Waals surface area (Å²) in [5.41, 5.74) is 0.365. The molecule has 0 bridgehead atoms. The first kappa shape index (κ1) is 19.7. The molecule has 1 unspecified atom stereocenters. The number of hydrogen-bond acceptors (Lipinski definition) is 5. The van der Waals surface area contributed by atoms with Gasteiger partial charge in [0.15, 0.2) is 0 Å². The van der Waals surface area contributed by atoms with E-state index in [9.17, 15) is 22.8 Å². The Labute approximate surface area is 150 Å². The quantitative estimate of drug-likeness (QED) is 0.724. The summed E-state index contributed by atoms with van der Waals surface area (Å²) in [5.74, 6) is -1.95. The van der Waals surface area contributed by atoms with Crippen molar-refractivity contribution in [3.05, 3.63) is 46.4 Å². The van der Waals surface area contributed by atoms with Crippen molar-refractivity contribution in [2.24, 2.45) is 0 Å². The van der Waals surface area contributed by atoms with Gasteiger partial charge in [-0.25, -0.2) is 4.98 Å². The van der Waals surface area contributed by atoms with Gasteiger partial charge in [-0.2, -0.15) is 0 Å². The number of thiazole rings is 1. The Hall–Kier alpha value is -2.62. The summed E-state index contributed by atoms with van der Waals surface area (Å²) in [7, 11) is 0. The topological polar surface area (TPSA) is 88.5 Å². The molecule has 26 heavy (non-hydrogen) atoms. The molecule has 0 saturated heterocycles. The Morgan fingerprint density at radius 3 is 2.50 bits per heavy atom. The minimum Gasteiger partial charge on any atom is -0.481 e. The fraction of sp³-hybridized carbons (Fsp3) is 0.312. The fourth-order valence-corrected chi connectivity index (χ4v) is 2.81. The molecule has 0 fully saturated rings. The summed E-state index contributed by atoms with van der Waals surface area (Å²) >= 11 is 1.41. The van der Waals surface area contributed by atoms with E-state index in [2.05, 4.69) is 15.0 Å². The third kappa shape index (κ3) is 6.71. The Balaban J connectivity index is 2.01. The number of carboxylic acids is 1. The molecule has 2 rings (SSSR count). The molecule has 0 spiro atoms. The minimum atomic E-state index is -4.81. The lowest BCUT2D eigenvalue weighted by atomic mass is 10.0. The highest BCUT2D eigenvalue weighted by Gasteiger charge is 2.31. The van der Waals surface area contributed by atoms with Gasteiger partial charge in [0, 0.05) is 24.4 Å². The number of nitrogens with zero attached hydrogens (tertiary/aromatic N) is 1. The van der Waals surface area contributed by atoms with Crippen LogP contribution in [0, 0.1) is 0 Å². The van der Waals surface area contributed by atoms with E-state index in [-0.39, 0.29) is 12.3 Å². The summed E-state index contributed by atoms with van der Waals surface area (Å²) in [6.45, 7) is 0. The molecule has 1 amide bonds. The molecule has 6 nitrogen and oxygen atoms in total. The minimum absolute atomic E-state index is 0.124. The van der Waals surface area contributed by atoms with Crippen molar-refractivity contribution in [1.29, 1.82) is 0 Å². The molecule has 10 heteroatoms. The second-order valence-corrected chi connectivity index (χ2v) is 6.24. The van der Waals surface area contributed by atoms with Crippen LogP contribution in [0.3, 0.4) is 0 Å². The number of carbonyl (C=O) groups excluding carboxylic acids is 1. The number of aryl methyl sites for hydroxylation is 1. The highest BCUT2D eigenvalue weighted by atomic mass is 32.1. The maximum absolute atomic E-state index is 12.2. The van der Waals surface area contributed by atoms with E-state index in [0.29, 0.717) is 12.0 Å². The number of amides is 1. The molecule has 1 aromatic carbocycles. The first-order chi connectivity index (χ1) is 12.2. The Morgan fingerprint density at radius 1 is 1.27 bits per heavy atom. The van der Waals surface area contributed by atoms with Crippen LogP contribution in [0.2, 0.25) is 0 Å². The lowest BCUT2D eigenvalue weighted by Crippen LogP contribution is -2.30. The van der Waals surface area contributed by atoms with E-state index >= 15 is 0 Å². The fourth-order valence-electron chi connectivity index (χ4n) is 2.19. The first-order valence-electron chi connectivity index (χ1n) is 7.48. The van der Waals surface area contributed by atoms with Gasteiger partial charge < -0.3 is 15.2 Å². The van der Waals surface area contributed by atoms with Gasteiger partial charge in [0.25, 0.3) is 0 Å². The van der Waals surface area contributed by atoms with Crippen LogP contribution in [0.15, 0.2) is 35.8 Å². The van der Waals surface area contributed by atoms with Crippen LogP contribution in [0.5, 0.6) is 5.75 Å². The van der Waals surface area contributed by atoms with Crippen molar-refractivity contribution in [2.45, 2.75) is 31.7 Å². The molecule has 0 radical (unpaired) electrons. The van der Waals surface area contributed by atoms with Crippen LogP contribution in [0.1, 0.15) is 29.5 Å². The molecule has 1 aromatic heterocycles. The van der Waals surface area contributed by atoms with Crippen molar-refractivity contribution < 1.29 is 32.6 Å². The summed E-state index contributed by atoms with van der Waals surface area (Å²) in [5, 5.41) is 14.2. The van der Waals surface area contributed by atoms with Crippen LogP contribution in [0.25, 0.3) is 0 Å². The molecular weight excluding hydrogens is 373 g/mol. The summed E-state index contributed by atoms with van der Waals surface area (Å²) < 4.78 is 40.3. The number of benzene rings is 1. The second kappa shape index (κ2) is 8.65. The Morgan fingerprint density at radius 2 is 1.96 bits per heavy atom. The SMILES string of the molecule is O=C(O)CC(NC(=O)CCc1nccs1)c1ccc(OC(F)(F)F)cc1. The second-order valence-electron chi connectivity index (χ2n) is 5.26. The summed E-state index contributed by atoms with van der Waals surface area (Å²) in [6, 6.07) is 3.85. The van der Waals surface area contributed by atoms with Crippen molar-refractivity contribution in [1.82, 2.24) is 10.3 Å². The lowest BCUT2D eigenvalue weighted by Gasteiger charge is -2.18. The van der Waals surface area contributed by atoms with Gasteiger partial charge in [-0.3, -0.25) is 9.59 Å². The smallest absolute Gasteiger partial charge is 0.481 e. The number of ether oxygens (including phenoxy) is 1. The van der Waals surface area contributed by atoms with E-state index in [4.69, 9.17) is 5.11 Å². The van der Waals surface area contributed by atoms with Gasteiger partial charge in [-0.1, -0.05) is 12.1 Å². The molecule has 2 aromatic rings. The third-order valence-corrected chi connectivity index (χ3v) is 4.12. The van der Waals surface area contributed by atoms with Gasteiger partial charge in [-0.15, -0.1) is 24.5 Å². The van der Waals surface area contributed by atoms with Gasteiger partial charge in [0.05, 0.1) is 17.5 Å². The van der Waals surface area contributed by atoms with Crippen LogP contribution in [-0.2, 0) is 16.0 Å². The van der Waals surface area contributed by atoms with Crippen molar-refractivity contribution in [3.63, 3.8) is 0 Å². The maximum Gasteiger partial charge on any atom is 0.573 e. The molecule has 0 aliphatic carbocycles. The zero-order valence-corrected chi connectivity index (χ0v) is 14.1. The number of rotatable bonds is 8. The van der Waals surface area contributed by atoms with Gasteiger partial charge in [-0.05, 0) is 17.7 Å². The van der Waals surface area contributed by atoms with Gasteiger partial charge in [0.2, 0.25) is 5.91 Å². The van der Waals surface area contributed by atoms with Crippen molar-refractivity contribution >= 4 is 23.2 Å². The number of alkyl halides is 3. The van der Waals surface area contributed by atoms with Gasteiger partial charge in [0.1, 0.15) is 5.75 Å². The average molecular weight is 388 g/mol. The standard InChI is InChI=1S/C16H15F3N2O4S/c17-16(18,19)25-11-3-1-10(2-4-11)12(9-15(23)24)21-13(22)5-6-14-20-7-8-26-14/h1-4,7-8,12H,5-6,9H2,(H,21,22)(H,23,24). The average Bonchev–Trinajstić information content (AvgIpc) is 3.04. The van der Waals surface area contributed by atoms with Crippen LogP contribution >= 0.6 is 11.3 Å². The molecular formula is C16H15F3N2O4S. The predicted molar refractivity (Wildman–Crippen MR) is 86.7 cm³/mol. The third-order valence-electron chi connectivity index (χ3n) is 3.28.